The summed E-state index contributed by atoms with van der Waals surface area (Å²) < 4.78 is 0. The summed E-state index contributed by atoms with van der Waals surface area (Å²) in [6, 6.07) is 4.30. The van der Waals surface area contributed by atoms with Crippen molar-refractivity contribution in [3.05, 3.63) is 35.0 Å². The first-order valence-electron chi connectivity index (χ1n) is 8.31. The first-order valence-corrected chi connectivity index (χ1v) is 8.31. The normalized spacial score (nSPS) is 17.3. The van der Waals surface area contributed by atoms with Gasteiger partial charge < -0.3 is 10.7 Å². The Morgan fingerprint density at radius 3 is 2.64 bits per heavy atom. The number of hydrogen-bond donors (Lipinski definition) is 2. The van der Waals surface area contributed by atoms with Gasteiger partial charge in [0.2, 0.25) is 5.91 Å². The molecule has 1 aliphatic rings. The van der Waals surface area contributed by atoms with E-state index in [4.69, 9.17) is 5.73 Å². The van der Waals surface area contributed by atoms with Crippen molar-refractivity contribution in [2.75, 3.05) is 13.1 Å². The van der Waals surface area contributed by atoms with Gasteiger partial charge in [-0.2, -0.15) is 0 Å². The predicted molar refractivity (Wildman–Crippen MR) is 90.2 cm³/mol. The SMILES string of the molecule is CCCN(CCC)[C@@H]1Cc2c[nH]c3ccc(C(N)=O)c(c23)C1. The zero-order valence-corrected chi connectivity index (χ0v) is 13.5. The highest BCUT2D eigenvalue weighted by molar-refractivity contribution is 6.01. The second kappa shape index (κ2) is 6.13. The van der Waals surface area contributed by atoms with Gasteiger partial charge in [-0.15, -0.1) is 0 Å². The number of nitrogens with one attached hydrogen (secondary N) is 1. The van der Waals surface area contributed by atoms with E-state index >= 15 is 0 Å². The maximum Gasteiger partial charge on any atom is 0.249 e. The van der Waals surface area contributed by atoms with Crippen LogP contribution in [0.15, 0.2) is 18.3 Å². The van der Waals surface area contributed by atoms with Crippen molar-refractivity contribution < 1.29 is 4.79 Å². The number of nitrogens with zero attached hydrogens (tertiary/aromatic N) is 1. The van der Waals surface area contributed by atoms with Gasteiger partial charge in [0.1, 0.15) is 0 Å². The summed E-state index contributed by atoms with van der Waals surface area (Å²) in [6.45, 7) is 6.67. The smallest absolute Gasteiger partial charge is 0.249 e. The lowest BCUT2D eigenvalue weighted by Crippen LogP contribution is -2.41. The van der Waals surface area contributed by atoms with Crippen molar-refractivity contribution in [1.29, 1.82) is 0 Å². The molecule has 1 heterocycles. The Morgan fingerprint density at radius 1 is 1.27 bits per heavy atom. The van der Waals surface area contributed by atoms with E-state index in [0.717, 1.165) is 49.9 Å². The zero-order chi connectivity index (χ0) is 15.7. The predicted octanol–water partition coefficient (Wildman–Crippen LogP) is 2.86. The Bertz CT molecular complexity index is 683. The van der Waals surface area contributed by atoms with Gasteiger partial charge in [-0.25, -0.2) is 0 Å². The number of nitrogens with two attached hydrogens (primary N) is 1. The lowest BCUT2D eigenvalue weighted by Gasteiger charge is -2.34. The number of amides is 1. The van der Waals surface area contributed by atoms with Crippen LogP contribution < -0.4 is 5.73 Å². The third kappa shape index (κ3) is 2.52. The van der Waals surface area contributed by atoms with E-state index in [9.17, 15) is 4.79 Å². The molecule has 1 aromatic heterocycles. The first kappa shape index (κ1) is 15.1. The number of benzene rings is 1. The maximum atomic E-state index is 11.8. The summed E-state index contributed by atoms with van der Waals surface area (Å²) in [5.41, 5.74) is 9.86. The van der Waals surface area contributed by atoms with Crippen molar-refractivity contribution in [1.82, 2.24) is 9.88 Å². The molecule has 2 aromatic rings. The van der Waals surface area contributed by atoms with Crippen molar-refractivity contribution in [2.45, 2.75) is 45.6 Å². The molecular weight excluding hydrogens is 274 g/mol. The topological polar surface area (TPSA) is 62.1 Å². The van der Waals surface area contributed by atoms with Crippen LogP contribution in [0.4, 0.5) is 0 Å². The minimum Gasteiger partial charge on any atom is -0.366 e. The Labute approximate surface area is 131 Å². The van der Waals surface area contributed by atoms with Crippen molar-refractivity contribution >= 4 is 16.8 Å². The van der Waals surface area contributed by atoms with Crippen LogP contribution in [-0.4, -0.2) is 34.9 Å². The molecule has 0 saturated carbocycles. The monoisotopic (exact) mass is 299 g/mol. The molecule has 1 atom stereocenters. The van der Waals surface area contributed by atoms with Gasteiger partial charge in [0.25, 0.3) is 0 Å². The summed E-state index contributed by atoms with van der Waals surface area (Å²) in [4.78, 5) is 17.7. The molecule has 3 rings (SSSR count). The molecule has 1 amide bonds. The second-order valence-electron chi connectivity index (χ2n) is 6.29. The molecule has 0 spiro atoms. The number of aromatic amines is 1. The van der Waals surface area contributed by atoms with E-state index in [1.54, 1.807) is 0 Å². The second-order valence-corrected chi connectivity index (χ2v) is 6.29. The summed E-state index contributed by atoms with van der Waals surface area (Å²) in [5.74, 6) is -0.317. The van der Waals surface area contributed by atoms with Gasteiger partial charge >= 0.3 is 0 Å². The van der Waals surface area contributed by atoms with Crippen molar-refractivity contribution in [2.24, 2.45) is 5.73 Å². The molecule has 0 bridgehead atoms. The van der Waals surface area contributed by atoms with Gasteiger partial charge in [0.15, 0.2) is 0 Å². The molecule has 4 nitrogen and oxygen atoms in total. The fourth-order valence-corrected chi connectivity index (χ4v) is 3.85. The Morgan fingerprint density at radius 2 is 2.00 bits per heavy atom. The van der Waals surface area contributed by atoms with Gasteiger partial charge in [0.05, 0.1) is 0 Å². The highest BCUT2D eigenvalue weighted by Crippen LogP contribution is 2.33. The van der Waals surface area contributed by atoms with Crippen LogP contribution in [0.3, 0.4) is 0 Å². The summed E-state index contributed by atoms with van der Waals surface area (Å²) in [7, 11) is 0. The molecule has 4 heteroatoms. The summed E-state index contributed by atoms with van der Waals surface area (Å²) in [6.07, 6.45) is 6.38. The van der Waals surface area contributed by atoms with Gasteiger partial charge in [-0.05, 0) is 62.0 Å². The number of rotatable bonds is 6. The maximum absolute atomic E-state index is 11.8. The molecule has 0 saturated heterocycles. The molecule has 0 unspecified atom stereocenters. The van der Waals surface area contributed by atoms with Crippen molar-refractivity contribution in [3.8, 4) is 0 Å². The van der Waals surface area contributed by atoms with E-state index < -0.39 is 0 Å². The highest BCUT2D eigenvalue weighted by Gasteiger charge is 2.28. The van der Waals surface area contributed by atoms with E-state index in [-0.39, 0.29) is 5.91 Å². The Balaban J connectivity index is 2.02. The fraction of sp³-hybridized carbons (Fsp3) is 0.500. The highest BCUT2D eigenvalue weighted by atomic mass is 16.1. The van der Waals surface area contributed by atoms with Crippen LogP contribution in [0.5, 0.6) is 0 Å². The Kier molecular flexibility index (Phi) is 4.21. The number of primary amides is 1. The quantitative estimate of drug-likeness (QED) is 0.861. The number of aromatic nitrogens is 1. The van der Waals surface area contributed by atoms with Crippen LogP contribution in [0.25, 0.3) is 10.9 Å². The molecule has 0 fully saturated rings. The first-order chi connectivity index (χ1) is 10.7. The van der Waals surface area contributed by atoms with Gasteiger partial charge in [0, 0.05) is 28.7 Å². The van der Waals surface area contributed by atoms with Crippen molar-refractivity contribution in [3.63, 3.8) is 0 Å². The summed E-state index contributed by atoms with van der Waals surface area (Å²) >= 11 is 0. The van der Waals surface area contributed by atoms with Gasteiger partial charge in [-0.3, -0.25) is 9.69 Å². The van der Waals surface area contributed by atoms with Gasteiger partial charge in [-0.1, -0.05) is 13.8 Å². The number of hydrogen-bond acceptors (Lipinski definition) is 2. The molecule has 22 heavy (non-hydrogen) atoms. The van der Waals surface area contributed by atoms with Crippen LogP contribution in [0.1, 0.15) is 48.2 Å². The average molecular weight is 299 g/mol. The number of carbonyl (C=O) groups excluding carboxylic acids is 1. The zero-order valence-electron chi connectivity index (χ0n) is 13.5. The minimum absolute atomic E-state index is 0.317. The molecule has 1 aromatic carbocycles. The lowest BCUT2D eigenvalue weighted by molar-refractivity contribution is 0.0998. The van der Waals surface area contributed by atoms with E-state index in [1.807, 2.05) is 12.1 Å². The molecule has 1 aliphatic carbocycles. The largest absolute Gasteiger partial charge is 0.366 e. The molecular formula is C18H25N3O. The van der Waals surface area contributed by atoms with E-state index in [2.05, 4.69) is 29.9 Å². The van der Waals surface area contributed by atoms with Crippen LogP contribution in [0.2, 0.25) is 0 Å². The lowest BCUT2D eigenvalue weighted by atomic mass is 9.85. The van der Waals surface area contributed by atoms with Crippen LogP contribution >= 0.6 is 0 Å². The standard InChI is InChI=1S/C18H25N3O/c1-3-7-21(8-4-2)13-9-12-11-20-16-6-5-14(18(19)22)15(10-13)17(12)16/h5-6,11,13,20H,3-4,7-10H2,1-2H3,(H2,19,22)/t13-/m1/s1. The van der Waals surface area contributed by atoms with E-state index in [1.165, 1.54) is 10.9 Å². The van der Waals surface area contributed by atoms with E-state index in [0.29, 0.717) is 11.6 Å². The van der Waals surface area contributed by atoms with Crippen LogP contribution in [-0.2, 0) is 12.8 Å². The Hall–Kier alpha value is -1.81. The third-order valence-corrected chi connectivity index (χ3v) is 4.73. The minimum atomic E-state index is -0.317. The molecule has 0 aliphatic heterocycles. The summed E-state index contributed by atoms with van der Waals surface area (Å²) in [5, 5.41) is 1.22. The number of carbonyl (C=O) groups is 1. The fourth-order valence-electron chi connectivity index (χ4n) is 3.85. The third-order valence-electron chi connectivity index (χ3n) is 4.73. The molecule has 0 radical (unpaired) electrons. The molecule has 118 valence electrons. The van der Waals surface area contributed by atoms with Crippen LogP contribution in [0, 0.1) is 0 Å². The molecule has 3 N–H and O–H groups in total. The number of H-pyrrole nitrogens is 1. The average Bonchev–Trinajstić information content (AvgIpc) is 2.91.